The summed E-state index contributed by atoms with van der Waals surface area (Å²) in [6.07, 6.45) is 5.04. The van der Waals surface area contributed by atoms with Crippen LogP contribution in [0.4, 0.5) is 0 Å². The van der Waals surface area contributed by atoms with Gasteiger partial charge in [-0.1, -0.05) is 6.07 Å². The fourth-order valence-electron chi connectivity index (χ4n) is 1.77. The molecule has 0 saturated carbocycles. The Morgan fingerprint density at radius 3 is 2.47 bits per heavy atom. The van der Waals surface area contributed by atoms with Gasteiger partial charge in [0.25, 0.3) is 0 Å². The van der Waals surface area contributed by atoms with E-state index in [1.807, 2.05) is 12.1 Å². The molecule has 86 valence electrons. The highest BCUT2D eigenvalue weighted by molar-refractivity contribution is 5.85. The molecule has 0 radical (unpaired) electrons. The van der Waals surface area contributed by atoms with Gasteiger partial charge in [0.1, 0.15) is 0 Å². The van der Waals surface area contributed by atoms with Crippen LogP contribution in [0.25, 0.3) is 0 Å². The van der Waals surface area contributed by atoms with E-state index in [2.05, 4.69) is 10.3 Å². The maximum absolute atomic E-state index is 10.3. The lowest BCUT2D eigenvalue weighted by Crippen LogP contribution is -2.39. The maximum atomic E-state index is 10.3. The lowest BCUT2D eigenvalue weighted by atomic mass is 9.86. The first kappa shape index (κ1) is 14.6. The van der Waals surface area contributed by atoms with E-state index in [-0.39, 0.29) is 24.8 Å². The molecule has 15 heavy (non-hydrogen) atoms. The van der Waals surface area contributed by atoms with Crippen molar-refractivity contribution in [1.82, 2.24) is 10.3 Å². The van der Waals surface area contributed by atoms with Gasteiger partial charge in [0.15, 0.2) is 0 Å². The van der Waals surface area contributed by atoms with Crippen molar-refractivity contribution in [2.24, 2.45) is 0 Å². The van der Waals surface area contributed by atoms with Crippen molar-refractivity contribution in [2.45, 2.75) is 18.4 Å². The molecule has 2 rings (SSSR count). The normalized spacial score (nSPS) is 18.5. The summed E-state index contributed by atoms with van der Waals surface area (Å²) < 4.78 is 0. The Morgan fingerprint density at radius 1 is 1.27 bits per heavy atom. The second kappa shape index (κ2) is 6.28. The van der Waals surface area contributed by atoms with Gasteiger partial charge in [-0.05, 0) is 32.0 Å². The molecule has 1 aliphatic heterocycles. The van der Waals surface area contributed by atoms with Crippen molar-refractivity contribution in [1.29, 1.82) is 0 Å². The lowest BCUT2D eigenvalue weighted by molar-refractivity contribution is 0.00564. The molecule has 5 heteroatoms. The number of nitrogens with one attached hydrogen (secondary N) is 1. The minimum atomic E-state index is -0.653. The van der Waals surface area contributed by atoms with Crippen molar-refractivity contribution in [2.75, 3.05) is 13.1 Å². The highest BCUT2D eigenvalue weighted by Gasteiger charge is 2.30. The minimum absolute atomic E-state index is 0. The second-order valence-corrected chi connectivity index (χ2v) is 3.52. The molecule has 1 aromatic heterocycles. The molecule has 1 aromatic rings. The molecule has 0 aliphatic carbocycles. The molecule has 0 aromatic carbocycles. The van der Waals surface area contributed by atoms with Crippen LogP contribution in [0.1, 0.15) is 18.4 Å². The number of pyridine rings is 1. The Morgan fingerprint density at radius 2 is 1.93 bits per heavy atom. The fourth-order valence-corrected chi connectivity index (χ4v) is 1.77. The second-order valence-electron chi connectivity index (χ2n) is 3.52. The van der Waals surface area contributed by atoms with Gasteiger partial charge in [-0.15, -0.1) is 24.8 Å². The molecular weight excluding hydrogens is 235 g/mol. The van der Waals surface area contributed by atoms with Crippen LogP contribution >= 0.6 is 24.8 Å². The minimum Gasteiger partial charge on any atom is -0.385 e. The average molecular weight is 251 g/mol. The Balaban J connectivity index is 0.000000980. The first-order valence-corrected chi connectivity index (χ1v) is 4.65. The SMILES string of the molecule is Cl.Cl.OC1(c2cccnc2)CCNCC1. The van der Waals surface area contributed by atoms with Crippen LogP contribution in [0, 0.1) is 0 Å². The van der Waals surface area contributed by atoms with Crippen LogP contribution < -0.4 is 5.32 Å². The first-order valence-electron chi connectivity index (χ1n) is 4.65. The molecular formula is C10H16Cl2N2O. The summed E-state index contributed by atoms with van der Waals surface area (Å²) >= 11 is 0. The predicted octanol–water partition coefficient (Wildman–Crippen LogP) is 1.50. The third-order valence-corrected chi connectivity index (χ3v) is 2.63. The van der Waals surface area contributed by atoms with Crippen LogP contribution in [0.15, 0.2) is 24.5 Å². The lowest BCUT2D eigenvalue weighted by Gasteiger charge is -2.32. The number of halogens is 2. The van der Waals surface area contributed by atoms with Crippen molar-refractivity contribution >= 4 is 24.8 Å². The van der Waals surface area contributed by atoms with Crippen molar-refractivity contribution < 1.29 is 5.11 Å². The van der Waals surface area contributed by atoms with Crippen molar-refractivity contribution in [3.8, 4) is 0 Å². The molecule has 1 aliphatic rings. The van der Waals surface area contributed by atoms with Gasteiger partial charge < -0.3 is 10.4 Å². The summed E-state index contributed by atoms with van der Waals surface area (Å²) in [5.41, 5.74) is 0.288. The zero-order valence-corrected chi connectivity index (χ0v) is 9.98. The largest absolute Gasteiger partial charge is 0.385 e. The number of aromatic nitrogens is 1. The summed E-state index contributed by atoms with van der Waals surface area (Å²) in [4.78, 5) is 4.02. The zero-order valence-electron chi connectivity index (χ0n) is 8.35. The molecule has 0 amide bonds. The van der Waals surface area contributed by atoms with Gasteiger partial charge in [-0.2, -0.15) is 0 Å². The van der Waals surface area contributed by atoms with Crippen LogP contribution in [-0.4, -0.2) is 23.2 Å². The number of aliphatic hydroxyl groups is 1. The summed E-state index contributed by atoms with van der Waals surface area (Å²) in [6.45, 7) is 1.76. The van der Waals surface area contributed by atoms with E-state index < -0.39 is 5.60 Å². The highest BCUT2D eigenvalue weighted by Crippen LogP contribution is 2.29. The number of rotatable bonds is 1. The quantitative estimate of drug-likeness (QED) is 0.795. The molecule has 1 fully saturated rings. The van der Waals surface area contributed by atoms with Crippen molar-refractivity contribution in [3.05, 3.63) is 30.1 Å². The fraction of sp³-hybridized carbons (Fsp3) is 0.500. The van der Waals surface area contributed by atoms with Crippen LogP contribution in [0.5, 0.6) is 0 Å². The zero-order chi connectivity index (χ0) is 9.15. The van der Waals surface area contributed by atoms with E-state index >= 15 is 0 Å². The molecule has 3 nitrogen and oxygen atoms in total. The molecule has 0 bridgehead atoms. The van der Waals surface area contributed by atoms with Crippen LogP contribution in [0.3, 0.4) is 0 Å². The van der Waals surface area contributed by atoms with Gasteiger partial charge in [0.05, 0.1) is 5.60 Å². The summed E-state index contributed by atoms with van der Waals surface area (Å²) in [6, 6.07) is 3.81. The number of nitrogens with zero attached hydrogens (tertiary/aromatic N) is 1. The van der Waals surface area contributed by atoms with E-state index in [9.17, 15) is 5.11 Å². The molecule has 2 heterocycles. The Labute approximate surface area is 102 Å². The van der Waals surface area contributed by atoms with Gasteiger partial charge >= 0.3 is 0 Å². The number of piperidine rings is 1. The molecule has 0 atom stereocenters. The standard InChI is InChI=1S/C10H14N2O.2ClH/c13-10(3-6-11-7-4-10)9-2-1-5-12-8-9;;/h1-2,5,8,11,13H,3-4,6-7H2;2*1H. The van der Waals surface area contributed by atoms with Crippen LogP contribution in [0.2, 0.25) is 0 Å². The monoisotopic (exact) mass is 250 g/mol. The third-order valence-electron chi connectivity index (χ3n) is 2.63. The van der Waals surface area contributed by atoms with Gasteiger partial charge in [0.2, 0.25) is 0 Å². The summed E-state index contributed by atoms with van der Waals surface area (Å²) in [5, 5.41) is 13.5. The summed E-state index contributed by atoms with van der Waals surface area (Å²) in [7, 11) is 0. The van der Waals surface area contributed by atoms with E-state index in [1.54, 1.807) is 12.4 Å². The summed E-state index contributed by atoms with van der Waals surface area (Å²) in [5.74, 6) is 0. The maximum Gasteiger partial charge on any atom is 0.0935 e. The van der Waals surface area contributed by atoms with E-state index in [4.69, 9.17) is 0 Å². The van der Waals surface area contributed by atoms with Gasteiger partial charge in [-0.25, -0.2) is 0 Å². The van der Waals surface area contributed by atoms with Gasteiger partial charge in [0, 0.05) is 18.0 Å². The Hall–Kier alpha value is -0.350. The predicted molar refractivity (Wildman–Crippen MR) is 64.7 cm³/mol. The Bertz CT molecular complexity index is 276. The van der Waals surface area contributed by atoms with E-state index in [0.29, 0.717) is 0 Å². The smallest absolute Gasteiger partial charge is 0.0935 e. The molecule has 0 unspecified atom stereocenters. The molecule has 1 saturated heterocycles. The first-order chi connectivity index (χ1) is 6.31. The number of hydrogen-bond acceptors (Lipinski definition) is 3. The Kier molecular flexibility index (Phi) is 6.13. The van der Waals surface area contributed by atoms with Gasteiger partial charge in [-0.3, -0.25) is 4.98 Å². The number of hydrogen-bond donors (Lipinski definition) is 2. The van der Waals surface area contributed by atoms with Crippen LogP contribution in [-0.2, 0) is 5.60 Å². The van der Waals surface area contributed by atoms with Crippen molar-refractivity contribution in [3.63, 3.8) is 0 Å². The van der Waals surface area contributed by atoms with E-state index in [1.165, 1.54) is 0 Å². The van der Waals surface area contributed by atoms with E-state index in [0.717, 1.165) is 31.5 Å². The molecule has 2 N–H and O–H groups in total. The molecule has 0 spiro atoms. The third kappa shape index (κ3) is 3.31. The average Bonchev–Trinajstić information content (AvgIpc) is 2.20. The topological polar surface area (TPSA) is 45.2 Å². The highest BCUT2D eigenvalue weighted by atomic mass is 35.5.